The normalized spacial score (nSPS) is 13.9. The van der Waals surface area contributed by atoms with Crippen LogP contribution in [0.15, 0.2) is 29.7 Å². The summed E-state index contributed by atoms with van der Waals surface area (Å²) in [6.45, 7) is 2.73. The van der Waals surface area contributed by atoms with Crippen molar-refractivity contribution < 1.29 is 4.74 Å². The van der Waals surface area contributed by atoms with E-state index in [1.165, 1.54) is 17.3 Å². The highest BCUT2D eigenvalue weighted by molar-refractivity contribution is 8.16. The Labute approximate surface area is 93.8 Å². The van der Waals surface area contributed by atoms with Gasteiger partial charge in [-0.25, -0.2) is 0 Å². The van der Waals surface area contributed by atoms with Crippen LogP contribution in [0.3, 0.4) is 0 Å². The Hall–Kier alpha value is -1.22. The van der Waals surface area contributed by atoms with E-state index in [1.807, 2.05) is 30.5 Å². The number of rotatable bonds is 2. The number of hydrogen-bond acceptors (Lipinski definition) is 3. The molecule has 0 aromatic heterocycles. The number of thioether (sulfide) groups is 1. The second kappa shape index (κ2) is 4.53. The summed E-state index contributed by atoms with van der Waals surface area (Å²) in [5.74, 6) is 0.975. The molecule has 1 aliphatic rings. The fourth-order valence-corrected chi connectivity index (χ4v) is 2.07. The zero-order valence-corrected chi connectivity index (χ0v) is 9.43. The lowest BCUT2D eigenvalue weighted by atomic mass is 10.1. The summed E-state index contributed by atoms with van der Waals surface area (Å²) < 4.78 is 5.42. The van der Waals surface area contributed by atoms with E-state index in [2.05, 4.69) is 6.07 Å². The van der Waals surface area contributed by atoms with Gasteiger partial charge in [0.25, 0.3) is 0 Å². The molecule has 0 fully saturated rings. The third kappa shape index (κ3) is 2.23. The van der Waals surface area contributed by atoms with E-state index in [1.54, 1.807) is 0 Å². The molecule has 0 unspecified atom stereocenters. The van der Waals surface area contributed by atoms with Gasteiger partial charge >= 0.3 is 0 Å². The van der Waals surface area contributed by atoms with Crippen molar-refractivity contribution in [1.82, 2.24) is 0 Å². The molecule has 78 valence electrons. The highest BCUT2D eigenvalue weighted by atomic mass is 32.2. The van der Waals surface area contributed by atoms with Gasteiger partial charge in [0.2, 0.25) is 0 Å². The molecule has 1 aliphatic heterocycles. The Kier molecular flexibility index (Phi) is 3.11. The van der Waals surface area contributed by atoms with E-state index < -0.39 is 0 Å². The summed E-state index contributed by atoms with van der Waals surface area (Å²) in [7, 11) is 0. The van der Waals surface area contributed by atoms with Crippen LogP contribution < -0.4 is 4.74 Å². The van der Waals surface area contributed by atoms with Crippen molar-refractivity contribution in [3.8, 4) is 5.75 Å². The van der Waals surface area contributed by atoms with Gasteiger partial charge in [-0.05, 0) is 36.1 Å². The molecule has 0 spiro atoms. The van der Waals surface area contributed by atoms with Gasteiger partial charge in [0.1, 0.15) is 5.75 Å². The number of allylic oxidation sites excluding steroid dienone is 1. The van der Waals surface area contributed by atoms with Gasteiger partial charge < -0.3 is 4.74 Å². The molecule has 2 rings (SSSR count). The van der Waals surface area contributed by atoms with E-state index in [0.29, 0.717) is 5.04 Å². The van der Waals surface area contributed by atoms with Crippen LogP contribution in [-0.4, -0.2) is 11.7 Å². The summed E-state index contributed by atoms with van der Waals surface area (Å²) in [6, 6.07) is 5.96. The first kappa shape index (κ1) is 10.3. The summed E-state index contributed by atoms with van der Waals surface area (Å²) in [4.78, 5) is 0. The zero-order valence-electron chi connectivity index (χ0n) is 8.62. The molecule has 2 nitrogen and oxygen atoms in total. The lowest BCUT2D eigenvalue weighted by molar-refractivity contribution is 0.357. The average molecular weight is 219 g/mol. The van der Waals surface area contributed by atoms with Crippen molar-refractivity contribution >= 4 is 16.8 Å². The van der Waals surface area contributed by atoms with E-state index in [9.17, 15) is 0 Å². The Morgan fingerprint density at radius 3 is 3.20 bits per heavy atom. The Bertz CT molecular complexity index is 412. The largest absolute Gasteiger partial charge is 0.493 e. The molecule has 0 bridgehead atoms. The molecule has 1 heterocycles. The van der Waals surface area contributed by atoms with Crippen molar-refractivity contribution in [1.29, 1.82) is 5.41 Å². The minimum atomic E-state index is 0.586. The summed E-state index contributed by atoms with van der Waals surface area (Å²) in [5, 5.41) is 10.4. The quantitative estimate of drug-likeness (QED) is 0.612. The topological polar surface area (TPSA) is 33.1 Å². The standard InChI is InChI=1S/C12H13NOS/c1-2-7-15-12(13)10-3-4-11-9(8-10)5-6-14-11/h2-4,7-8,13H,5-6H2,1H3/b7-2+,13-12?. The molecule has 0 saturated heterocycles. The second-order valence-electron chi connectivity index (χ2n) is 3.34. The molecule has 0 aliphatic carbocycles. The molecule has 0 atom stereocenters. The maximum atomic E-state index is 7.87. The minimum Gasteiger partial charge on any atom is -0.493 e. The fourth-order valence-electron chi connectivity index (χ4n) is 1.53. The lowest BCUT2D eigenvalue weighted by Crippen LogP contribution is -1.92. The maximum absolute atomic E-state index is 7.87. The zero-order chi connectivity index (χ0) is 10.7. The predicted octanol–water partition coefficient (Wildman–Crippen LogP) is 3.21. The molecule has 1 N–H and O–H groups in total. The van der Waals surface area contributed by atoms with Crippen LogP contribution in [0.5, 0.6) is 5.75 Å². The van der Waals surface area contributed by atoms with Crippen LogP contribution in [0, 0.1) is 5.41 Å². The highest BCUT2D eigenvalue weighted by Crippen LogP contribution is 2.27. The van der Waals surface area contributed by atoms with Crippen molar-refractivity contribution in [2.24, 2.45) is 0 Å². The predicted molar refractivity (Wildman–Crippen MR) is 64.9 cm³/mol. The van der Waals surface area contributed by atoms with Crippen molar-refractivity contribution in [3.05, 3.63) is 40.8 Å². The van der Waals surface area contributed by atoms with Crippen LogP contribution >= 0.6 is 11.8 Å². The molecule has 0 radical (unpaired) electrons. The average Bonchev–Trinajstić information content (AvgIpc) is 2.72. The summed E-state index contributed by atoms with van der Waals surface area (Å²) in [5.41, 5.74) is 2.20. The number of nitrogens with one attached hydrogen (secondary N) is 1. The molecule has 0 saturated carbocycles. The smallest absolute Gasteiger partial charge is 0.122 e. The molecule has 0 amide bonds. The van der Waals surface area contributed by atoms with Gasteiger partial charge in [0, 0.05) is 12.0 Å². The second-order valence-corrected chi connectivity index (χ2v) is 4.25. The molecule has 1 aromatic carbocycles. The lowest BCUT2D eigenvalue weighted by Gasteiger charge is -2.03. The minimum absolute atomic E-state index is 0.586. The molecule has 1 aromatic rings. The number of hydrogen-bond donors (Lipinski definition) is 1. The first-order valence-electron chi connectivity index (χ1n) is 4.93. The van der Waals surface area contributed by atoms with Crippen molar-refractivity contribution in [2.45, 2.75) is 13.3 Å². The third-order valence-electron chi connectivity index (χ3n) is 2.27. The number of fused-ring (bicyclic) bond motifs is 1. The van der Waals surface area contributed by atoms with Crippen LogP contribution in [0.4, 0.5) is 0 Å². The van der Waals surface area contributed by atoms with E-state index in [4.69, 9.17) is 10.1 Å². The van der Waals surface area contributed by atoms with Crippen LogP contribution in [0.1, 0.15) is 18.1 Å². The Balaban J connectivity index is 2.19. The molecule has 3 heteroatoms. The van der Waals surface area contributed by atoms with Gasteiger partial charge in [0.15, 0.2) is 0 Å². The maximum Gasteiger partial charge on any atom is 0.122 e. The van der Waals surface area contributed by atoms with Crippen LogP contribution in [0.25, 0.3) is 0 Å². The molecular formula is C12H13NOS. The Morgan fingerprint density at radius 1 is 1.53 bits per heavy atom. The monoisotopic (exact) mass is 219 g/mol. The summed E-state index contributed by atoms with van der Waals surface area (Å²) >= 11 is 1.44. The van der Waals surface area contributed by atoms with Gasteiger partial charge in [-0.2, -0.15) is 0 Å². The third-order valence-corrected chi connectivity index (χ3v) is 3.15. The summed E-state index contributed by atoms with van der Waals surface area (Å²) in [6.07, 6.45) is 2.90. The van der Waals surface area contributed by atoms with Crippen LogP contribution in [-0.2, 0) is 6.42 Å². The van der Waals surface area contributed by atoms with E-state index >= 15 is 0 Å². The van der Waals surface area contributed by atoms with Gasteiger partial charge in [0.05, 0.1) is 11.7 Å². The van der Waals surface area contributed by atoms with Gasteiger partial charge in [-0.3, -0.25) is 5.41 Å². The Morgan fingerprint density at radius 2 is 2.40 bits per heavy atom. The number of ether oxygens (including phenoxy) is 1. The van der Waals surface area contributed by atoms with Crippen LogP contribution in [0.2, 0.25) is 0 Å². The van der Waals surface area contributed by atoms with E-state index in [0.717, 1.165) is 24.3 Å². The van der Waals surface area contributed by atoms with Crippen molar-refractivity contribution in [2.75, 3.05) is 6.61 Å². The highest BCUT2D eigenvalue weighted by Gasteiger charge is 2.13. The first-order chi connectivity index (χ1) is 7.31. The van der Waals surface area contributed by atoms with Gasteiger partial charge in [-0.15, -0.1) is 0 Å². The van der Waals surface area contributed by atoms with Gasteiger partial charge in [-0.1, -0.05) is 17.8 Å². The first-order valence-corrected chi connectivity index (χ1v) is 5.81. The SMILES string of the molecule is C/C=C/SC(=N)c1ccc2c(c1)CCO2. The fraction of sp³-hybridized carbons (Fsp3) is 0.250. The number of benzene rings is 1. The molecule has 15 heavy (non-hydrogen) atoms. The van der Waals surface area contributed by atoms with Crippen molar-refractivity contribution in [3.63, 3.8) is 0 Å². The van der Waals surface area contributed by atoms with E-state index in [-0.39, 0.29) is 0 Å². The molecular weight excluding hydrogens is 206 g/mol.